The Hall–Kier alpha value is -2.63. The van der Waals surface area contributed by atoms with Gasteiger partial charge in [0, 0.05) is 0 Å². The summed E-state index contributed by atoms with van der Waals surface area (Å²) >= 11 is -2.69. The van der Waals surface area contributed by atoms with E-state index in [4.69, 9.17) is 0 Å². The number of hydrogen-bond donors (Lipinski definition) is 1. The maximum Gasteiger partial charge on any atom is 0.266 e. The molecule has 1 N–H and O–H groups in total. The van der Waals surface area contributed by atoms with E-state index in [0.29, 0.717) is 0 Å². The third-order valence-electron chi connectivity index (χ3n) is 6.70. The zero-order valence-electron chi connectivity index (χ0n) is 19.7. The van der Waals surface area contributed by atoms with Crippen molar-refractivity contribution in [2.45, 2.75) is 20.8 Å². The second-order valence-corrected chi connectivity index (χ2v) is 12.7. The summed E-state index contributed by atoms with van der Waals surface area (Å²) in [7, 11) is 0. The number of quaternary nitrogens is 1. The molecular weight excluding hydrogens is 401 g/mol. The van der Waals surface area contributed by atoms with E-state index in [-0.39, 0.29) is 0 Å². The molecule has 0 radical (unpaired) electrons. The van der Waals surface area contributed by atoms with Crippen LogP contribution in [0.25, 0.3) is 0 Å². The van der Waals surface area contributed by atoms with Gasteiger partial charge in [-0.1, -0.05) is 72.8 Å². The van der Waals surface area contributed by atoms with Crippen LogP contribution in [0.3, 0.4) is 0 Å². The van der Waals surface area contributed by atoms with E-state index in [1.165, 1.54) is 37.3 Å². The number of rotatable bonds is 7. The highest BCUT2D eigenvalue weighted by Gasteiger charge is 2.35. The van der Waals surface area contributed by atoms with Crippen molar-refractivity contribution < 1.29 is 4.90 Å². The van der Waals surface area contributed by atoms with Crippen molar-refractivity contribution in [2.75, 3.05) is 19.6 Å². The monoisotopic (exact) mass is 437 g/mol. The van der Waals surface area contributed by atoms with Gasteiger partial charge in [0.2, 0.25) is 0 Å². The zero-order valence-corrected chi connectivity index (χ0v) is 20.9. The fourth-order valence-electron chi connectivity index (χ4n) is 4.87. The molecular formula is C30H36AlN. The number of benzene rings is 4. The highest BCUT2D eigenvalue weighted by Crippen LogP contribution is 2.09. The van der Waals surface area contributed by atoms with Crippen molar-refractivity contribution in [3.63, 3.8) is 0 Å². The van der Waals surface area contributed by atoms with Gasteiger partial charge in [-0.2, -0.15) is 0 Å². The van der Waals surface area contributed by atoms with Gasteiger partial charge in [-0.05, 0) is 20.8 Å². The van der Waals surface area contributed by atoms with E-state index in [1.54, 1.807) is 4.90 Å². The molecule has 2 heteroatoms. The van der Waals surface area contributed by atoms with Gasteiger partial charge in [0.25, 0.3) is 13.1 Å². The maximum atomic E-state index is 2.30. The van der Waals surface area contributed by atoms with E-state index in [0.717, 1.165) is 0 Å². The molecule has 0 unspecified atom stereocenters. The van der Waals surface area contributed by atoms with Gasteiger partial charge in [0.15, 0.2) is 0 Å². The normalized spacial score (nSPS) is 11.0. The molecule has 0 aliphatic rings. The molecule has 32 heavy (non-hydrogen) atoms. The summed E-state index contributed by atoms with van der Waals surface area (Å²) in [4.78, 5) is 1.68. The Bertz CT molecular complexity index is 844. The highest BCUT2D eigenvalue weighted by molar-refractivity contribution is 7.19. The zero-order chi connectivity index (χ0) is 22.7. The summed E-state index contributed by atoms with van der Waals surface area (Å²) in [6.45, 7) is 10.5. The molecule has 0 fully saturated rings. The molecule has 0 saturated carbocycles. The van der Waals surface area contributed by atoms with Crippen LogP contribution in [0.2, 0.25) is 0 Å². The smallest absolute Gasteiger partial charge is 0.266 e. The third kappa shape index (κ3) is 5.40. The Morgan fingerprint density at radius 1 is 0.406 bits per heavy atom. The highest BCUT2D eigenvalue weighted by atomic mass is 27.2. The van der Waals surface area contributed by atoms with Gasteiger partial charge in [0.1, 0.15) is 0 Å². The molecule has 4 aromatic carbocycles. The Morgan fingerprint density at radius 3 is 0.781 bits per heavy atom. The standard InChI is InChI=1S/C6H15N.4C6H5.Al/c1-4-7(5-2)6-3;4*1-2-4-6-5-3-1;/h4-6H2,1-3H3;4*1-5H;/q;;;;;-1/p+1. The molecule has 0 bridgehead atoms. The summed E-state index contributed by atoms with van der Waals surface area (Å²) in [5, 5.41) is 0. The van der Waals surface area contributed by atoms with Gasteiger partial charge in [-0.15, -0.1) is 48.5 Å². The first-order chi connectivity index (χ1) is 15.8. The molecule has 4 aromatic rings. The van der Waals surface area contributed by atoms with Crippen molar-refractivity contribution in [2.24, 2.45) is 0 Å². The van der Waals surface area contributed by atoms with Crippen molar-refractivity contribution in [1.29, 1.82) is 0 Å². The van der Waals surface area contributed by atoms with E-state index in [2.05, 4.69) is 142 Å². The lowest BCUT2D eigenvalue weighted by atomic mass is 10.3. The van der Waals surface area contributed by atoms with Crippen LogP contribution in [-0.2, 0) is 0 Å². The SMILES string of the molecule is CC[NH+](CC)CC.c1cc[c]([Al-]([c]2ccccc2)([c]2ccccc2)[c]2ccccc2)cc1. The molecule has 1 nitrogen and oxygen atoms in total. The second kappa shape index (κ2) is 12.4. The number of nitrogens with one attached hydrogen (secondary N) is 1. The van der Waals surface area contributed by atoms with Crippen molar-refractivity contribution >= 4 is 30.8 Å². The first-order valence-electron chi connectivity index (χ1n) is 12.0. The van der Waals surface area contributed by atoms with Crippen molar-refractivity contribution in [3.05, 3.63) is 121 Å². The first kappa shape index (κ1) is 24.0. The van der Waals surface area contributed by atoms with Crippen molar-refractivity contribution in [1.82, 2.24) is 0 Å². The predicted octanol–water partition coefficient (Wildman–Crippen LogP) is 3.00. The Kier molecular flexibility index (Phi) is 9.32. The van der Waals surface area contributed by atoms with E-state index in [9.17, 15) is 0 Å². The summed E-state index contributed by atoms with van der Waals surface area (Å²) in [5.74, 6) is 0. The Labute approximate surface area is 197 Å². The molecule has 0 aliphatic heterocycles. The summed E-state index contributed by atoms with van der Waals surface area (Å²) in [6, 6.07) is 44.2. The van der Waals surface area contributed by atoms with Gasteiger partial charge < -0.3 is 4.90 Å². The molecule has 0 amide bonds. The van der Waals surface area contributed by atoms with Gasteiger partial charge >= 0.3 is 0 Å². The van der Waals surface area contributed by atoms with Crippen LogP contribution >= 0.6 is 0 Å². The van der Waals surface area contributed by atoms with Crippen LogP contribution < -0.4 is 22.6 Å². The third-order valence-corrected chi connectivity index (χ3v) is 12.2. The van der Waals surface area contributed by atoms with E-state index < -0.39 is 13.1 Å². The molecule has 4 rings (SSSR count). The second-order valence-electron chi connectivity index (χ2n) is 8.32. The largest absolute Gasteiger partial charge is 0.336 e. The molecule has 0 spiro atoms. The molecule has 164 valence electrons. The quantitative estimate of drug-likeness (QED) is 0.424. The topological polar surface area (TPSA) is 4.44 Å². The lowest BCUT2D eigenvalue weighted by Crippen LogP contribution is -3.11. The summed E-state index contributed by atoms with van der Waals surface area (Å²) < 4.78 is 5.77. The van der Waals surface area contributed by atoms with E-state index >= 15 is 0 Å². The lowest BCUT2D eigenvalue weighted by molar-refractivity contribution is -0.894. The fourth-order valence-corrected chi connectivity index (χ4v) is 10.4. The van der Waals surface area contributed by atoms with Gasteiger partial charge in [-0.25, -0.2) is 17.7 Å². The molecule has 0 atom stereocenters. The van der Waals surface area contributed by atoms with Crippen LogP contribution in [0.1, 0.15) is 20.8 Å². The van der Waals surface area contributed by atoms with Crippen LogP contribution in [-0.4, -0.2) is 32.7 Å². The minimum atomic E-state index is -2.69. The minimum absolute atomic E-state index is 1.27. The summed E-state index contributed by atoms with van der Waals surface area (Å²) in [5.41, 5.74) is 0. The number of hydrogen-bond acceptors (Lipinski definition) is 0. The average Bonchev–Trinajstić information content (AvgIpc) is 2.89. The molecule has 0 aliphatic carbocycles. The maximum absolute atomic E-state index is 2.69. The Balaban J connectivity index is 0.000000360. The average molecular weight is 438 g/mol. The van der Waals surface area contributed by atoms with Crippen LogP contribution in [0.5, 0.6) is 0 Å². The van der Waals surface area contributed by atoms with Crippen LogP contribution in [0.4, 0.5) is 0 Å². The lowest BCUT2D eigenvalue weighted by Gasteiger charge is -2.40. The van der Waals surface area contributed by atoms with Gasteiger partial charge in [0.05, 0.1) is 19.6 Å². The van der Waals surface area contributed by atoms with Crippen LogP contribution in [0.15, 0.2) is 121 Å². The molecule has 0 heterocycles. The predicted molar refractivity (Wildman–Crippen MR) is 143 cm³/mol. The first-order valence-corrected chi connectivity index (χ1v) is 14.3. The molecule has 0 saturated heterocycles. The fraction of sp³-hybridized carbons (Fsp3) is 0.200. The Morgan fingerprint density at radius 2 is 0.625 bits per heavy atom. The van der Waals surface area contributed by atoms with Gasteiger partial charge in [-0.3, -0.25) is 0 Å². The van der Waals surface area contributed by atoms with Crippen molar-refractivity contribution in [3.8, 4) is 0 Å². The summed E-state index contributed by atoms with van der Waals surface area (Å²) in [6.07, 6.45) is 0. The molecule has 0 aromatic heterocycles. The van der Waals surface area contributed by atoms with Crippen LogP contribution in [0, 0.1) is 0 Å². The minimum Gasteiger partial charge on any atom is -0.336 e. The van der Waals surface area contributed by atoms with E-state index in [1.807, 2.05) is 0 Å².